The van der Waals surface area contributed by atoms with Gasteiger partial charge in [0.25, 0.3) is 0 Å². The van der Waals surface area contributed by atoms with E-state index in [1.54, 1.807) is 11.3 Å². The quantitative estimate of drug-likeness (QED) is 0.652. The maximum Gasteiger partial charge on any atom is 0.141 e. The Kier molecular flexibility index (Phi) is 2.26. The van der Waals surface area contributed by atoms with Crippen LogP contribution in [0.15, 0.2) is 22.7 Å². The minimum Gasteiger partial charge on any atom is -0.361 e. The average Bonchev–Trinajstić information content (AvgIpc) is 2.80. The number of rotatable bonds is 1. The molecule has 0 radical (unpaired) electrons. The SMILES string of the molecule is Cc1nc2ccc(-c3c(C)noc3C)cc2s1. The predicted molar refractivity (Wildman–Crippen MR) is 69.3 cm³/mol. The van der Waals surface area contributed by atoms with Gasteiger partial charge in [-0.1, -0.05) is 11.2 Å². The van der Waals surface area contributed by atoms with Crippen LogP contribution < -0.4 is 0 Å². The Balaban J connectivity index is 2.24. The molecule has 0 amide bonds. The van der Waals surface area contributed by atoms with Gasteiger partial charge >= 0.3 is 0 Å². The van der Waals surface area contributed by atoms with Crippen LogP contribution in [0.5, 0.6) is 0 Å². The van der Waals surface area contributed by atoms with Crippen molar-refractivity contribution in [3.8, 4) is 11.1 Å². The maximum atomic E-state index is 5.20. The third-order valence-corrected chi connectivity index (χ3v) is 3.75. The number of aromatic nitrogens is 2. The van der Waals surface area contributed by atoms with Gasteiger partial charge in [-0.15, -0.1) is 11.3 Å². The Hall–Kier alpha value is -1.68. The number of thiazole rings is 1. The second-order valence-electron chi connectivity index (χ2n) is 4.11. The molecule has 4 heteroatoms. The molecule has 0 N–H and O–H groups in total. The molecule has 0 atom stereocenters. The van der Waals surface area contributed by atoms with Gasteiger partial charge in [-0.05, 0) is 38.5 Å². The number of nitrogens with zero attached hydrogens (tertiary/aromatic N) is 2. The molecular weight excluding hydrogens is 232 g/mol. The summed E-state index contributed by atoms with van der Waals surface area (Å²) in [5.41, 5.74) is 4.24. The first kappa shape index (κ1) is 10.5. The van der Waals surface area contributed by atoms with Gasteiger partial charge in [-0.25, -0.2) is 4.98 Å². The molecular formula is C13H12N2OS. The lowest BCUT2D eigenvalue weighted by atomic mass is 10.0. The molecule has 1 aromatic carbocycles. The van der Waals surface area contributed by atoms with Crippen molar-refractivity contribution in [3.05, 3.63) is 34.7 Å². The Labute approximate surface area is 103 Å². The molecule has 0 aliphatic heterocycles. The smallest absolute Gasteiger partial charge is 0.141 e. The molecule has 0 unspecified atom stereocenters. The van der Waals surface area contributed by atoms with E-state index in [9.17, 15) is 0 Å². The molecule has 0 bridgehead atoms. The molecule has 3 nitrogen and oxygen atoms in total. The first-order chi connectivity index (χ1) is 8.15. The van der Waals surface area contributed by atoms with E-state index in [-0.39, 0.29) is 0 Å². The van der Waals surface area contributed by atoms with E-state index in [1.807, 2.05) is 20.8 Å². The fourth-order valence-corrected chi connectivity index (χ4v) is 2.96. The van der Waals surface area contributed by atoms with Gasteiger partial charge in [-0.3, -0.25) is 0 Å². The largest absolute Gasteiger partial charge is 0.361 e. The van der Waals surface area contributed by atoms with Gasteiger partial charge in [0.2, 0.25) is 0 Å². The van der Waals surface area contributed by atoms with Gasteiger partial charge in [0.15, 0.2) is 0 Å². The minimum absolute atomic E-state index is 0.864. The standard InChI is InChI=1S/C13H12N2OS/c1-7-13(8(2)16-15-7)10-4-5-11-12(6-10)17-9(3)14-11/h4-6H,1-3H3. The van der Waals surface area contributed by atoms with Crippen molar-refractivity contribution in [1.82, 2.24) is 10.1 Å². The van der Waals surface area contributed by atoms with Crippen molar-refractivity contribution >= 4 is 21.6 Å². The lowest BCUT2D eigenvalue weighted by molar-refractivity contribution is 0.393. The van der Waals surface area contributed by atoms with Crippen LogP contribution in [-0.4, -0.2) is 10.1 Å². The van der Waals surface area contributed by atoms with E-state index in [0.29, 0.717) is 0 Å². The molecule has 3 rings (SSSR count). The highest BCUT2D eigenvalue weighted by atomic mass is 32.1. The Morgan fingerprint density at radius 2 is 2.00 bits per heavy atom. The van der Waals surface area contributed by atoms with Crippen LogP contribution in [0, 0.1) is 20.8 Å². The molecule has 2 aromatic heterocycles. The molecule has 3 aromatic rings. The summed E-state index contributed by atoms with van der Waals surface area (Å²) in [4.78, 5) is 4.46. The van der Waals surface area contributed by atoms with Gasteiger partial charge in [0.05, 0.1) is 20.9 Å². The van der Waals surface area contributed by atoms with Crippen LogP contribution >= 0.6 is 11.3 Å². The summed E-state index contributed by atoms with van der Waals surface area (Å²) in [6.07, 6.45) is 0. The second-order valence-corrected chi connectivity index (χ2v) is 5.35. The maximum absolute atomic E-state index is 5.20. The molecule has 17 heavy (non-hydrogen) atoms. The van der Waals surface area contributed by atoms with Gasteiger partial charge in [0.1, 0.15) is 5.76 Å². The fourth-order valence-electron chi connectivity index (χ4n) is 2.09. The summed E-state index contributed by atoms with van der Waals surface area (Å²) in [5, 5.41) is 5.08. The third-order valence-electron chi connectivity index (χ3n) is 2.82. The highest BCUT2D eigenvalue weighted by Crippen LogP contribution is 2.31. The van der Waals surface area contributed by atoms with E-state index >= 15 is 0 Å². The Bertz CT molecular complexity index is 677. The van der Waals surface area contributed by atoms with Crippen LogP contribution in [-0.2, 0) is 0 Å². The van der Waals surface area contributed by atoms with Crippen molar-refractivity contribution in [2.75, 3.05) is 0 Å². The molecule has 2 heterocycles. The summed E-state index contributed by atoms with van der Waals surface area (Å²) in [7, 11) is 0. The Morgan fingerprint density at radius 3 is 2.71 bits per heavy atom. The van der Waals surface area contributed by atoms with Crippen LogP contribution in [0.4, 0.5) is 0 Å². The normalized spacial score (nSPS) is 11.2. The molecule has 0 aliphatic rings. The first-order valence-corrected chi connectivity index (χ1v) is 6.27. The molecule has 0 aliphatic carbocycles. The van der Waals surface area contributed by atoms with E-state index in [0.717, 1.165) is 33.1 Å². The van der Waals surface area contributed by atoms with E-state index in [1.165, 1.54) is 4.70 Å². The zero-order valence-corrected chi connectivity index (χ0v) is 10.8. The molecule has 0 fully saturated rings. The van der Waals surface area contributed by atoms with Crippen LogP contribution in [0.3, 0.4) is 0 Å². The van der Waals surface area contributed by atoms with Gasteiger partial charge in [-0.2, -0.15) is 0 Å². The zero-order chi connectivity index (χ0) is 12.0. The van der Waals surface area contributed by atoms with Gasteiger partial charge in [0, 0.05) is 5.56 Å². The summed E-state index contributed by atoms with van der Waals surface area (Å²) >= 11 is 1.71. The van der Waals surface area contributed by atoms with E-state index < -0.39 is 0 Å². The number of hydrogen-bond donors (Lipinski definition) is 0. The Morgan fingerprint density at radius 1 is 1.18 bits per heavy atom. The topological polar surface area (TPSA) is 38.9 Å². The average molecular weight is 244 g/mol. The van der Waals surface area contributed by atoms with Crippen molar-refractivity contribution in [2.24, 2.45) is 0 Å². The van der Waals surface area contributed by atoms with Crippen molar-refractivity contribution in [2.45, 2.75) is 20.8 Å². The van der Waals surface area contributed by atoms with Gasteiger partial charge < -0.3 is 4.52 Å². The third kappa shape index (κ3) is 1.65. The number of hydrogen-bond acceptors (Lipinski definition) is 4. The van der Waals surface area contributed by atoms with Crippen molar-refractivity contribution < 1.29 is 4.52 Å². The monoisotopic (exact) mass is 244 g/mol. The highest BCUT2D eigenvalue weighted by molar-refractivity contribution is 7.18. The molecule has 0 spiro atoms. The fraction of sp³-hybridized carbons (Fsp3) is 0.231. The summed E-state index contributed by atoms with van der Waals surface area (Å²) < 4.78 is 6.41. The summed E-state index contributed by atoms with van der Waals surface area (Å²) in [6.45, 7) is 5.94. The lowest BCUT2D eigenvalue weighted by Crippen LogP contribution is -1.81. The summed E-state index contributed by atoms with van der Waals surface area (Å²) in [5.74, 6) is 0.864. The number of benzene rings is 1. The van der Waals surface area contributed by atoms with Crippen molar-refractivity contribution in [3.63, 3.8) is 0 Å². The van der Waals surface area contributed by atoms with E-state index in [2.05, 4.69) is 28.3 Å². The minimum atomic E-state index is 0.864. The lowest BCUT2D eigenvalue weighted by Gasteiger charge is -1.99. The van der Waals surface area contributed by atoms with E-state index in [4.69, 9.17) is 4.52 Å². The second kappa shape index (κ2) is 3.67. The molecule has 0 saturated carbocycles. The number of aryl methyl sites for hydroxylation is 3. The zero-order valence-electron chi connectivity index (χ0n) is 9.94. The highest BCUT2D eigenvalue weighted by Gasteiger charge is 2.12. The van der Waals surface area contributed by atoms with Crippen LogP contribution in [0.25, 0.3) is 21.3 Å². The predicted octanol–water partition coefficient (Wildman–Crippen LogP) is 3.88. The van der Waals surface area contributed by atoms with Crippen LogP contribution in [0.1, 0.15) is 16.5 Å². The molecule has 0 saturated heterocycles. The van der Waals surface area contributed by atoms with Crippen molar-refractivity contribution in [1.29, 1.82) is 0 Å². The number of fused-ring (bicyclic) bond motifs is 1. The summed E-state index contributed by atoms with van der Waals surface area (Å²) in [6, 6.07) is 6.29. The van der Waals surface area contributed by atoms with Crippen LogP contribution in [0.2, 0.25) is 0 Å². The molecule has 86 valence electrons. The first-order valence-electron chi connectivity index (χ1n) is 5.45.